The lowest BCUT2D eigenvalue weighted by Crippen LogP contribution is -2.03. The Morgan fingerprint density at radius 1 is 0.562 bits per heavy atom. The van der Waals surface area contributed by atoms with E-state index in [1.807, 2.05) is 0 Å². The van der Waals surface area contributed by atoms with E-state index in [0.717, 1.165) is 17.8 Å². The monoisotopic (exact) mass is 244 g/mol. The van der Waals surface area contributed by atoms with E-state index in [1.165, 1.54) is 37.7 Å². The highest BCUT2D eigenvalue weighted by molar-refractivity contribution is 7.57. The summed E-state index contributed by atoms with van der Waals surface area (Å²) in [6.45, 7) is 14.2. The highest BCUT2D eigenvalue weighted by Gasteiger charge is 2.10. The molecule has 0 aromatic carbocycles. The maximum absolute atomic E-state index is 2.36. The SMILES string of the molecule is CC(C)CCP(CCC(C)C)CCC(C)C. The molecule has 0 unspecified atom stereocenters. The average molecular weight is 244 g/mol. The lowest BCUT2D eigenvalue weighted by molar-refractivity contribution is 0.608. The molecule has 0 N–H and O–H groups in total. The molecule has 0 rings (SSSR count). The third kappa shape index (κ3) is 10.9. The highest BCUT2D eigenvalue weighted by atomic mass is 31.1. The Kier molecular flexibility index (Phi) is 9.71. The molecule has 0 saturated carbocycles. The fourth-order valence-corrected chi connectivity index (χ4v) is 4.97. The summed E-state index contributed by atoms with van der Waals surface area (Å²) < 4.78 is 0. The van der Waals surface area contributed by atoms with Crippen molar-refractivity contribution < 1.29 is 0 Å². The van der Waals surface area contributed by atoms with Gasteiger partial charge in [-0.15, -0.1) is 7.92 Å². The third-order valence-corrected chi connectivity index (χ3v) is 5.74. The third-order valence-electron chi connectivity index (χ3n) is 3.07. The summed E-state index contributed by atoms with van der Waals surface area (Å²) in [6, 6.07) is 0. The van der Waals surface area contributed by atoms with Crippen LogP contribution in [-0.2, 0) is 0 Å². The number of hydrogen-bond donors (Lipinski definition) is 0. The Labute approximate surface area is 105 Å². The summed E-state index contributed by atoms with van der Waals surface area (Å²) in [5.74, 6) is 2.68. The van der Waals surface area contributed by atoms with E-state index in [0.29, 0.717) is 7.92 Å². The molecule has 1 heteroatoms. The molecule has 0 fully saturated rings. The lowest BCUT2D eigenvalue weighted by atomic mass is 10.2. The van der Waals surface area contributed by atoms with Gasteiger partial charge in [0.05, 0.1) is 0 Å². The zero-order valence-corrected chi connectivity index (χ0v) is 13.3. The summed E-state index contributed by atoms with van der Waals surface area (Å²) in [4.78, 5) is 0. The van der Waals surface area contributed by atoms with Crippen LogP contribution < -0.4 is 0 Å². The number of rotatable bonds is 9. The molecule has 16 heavy (non-hydrogen) atoms. The van der Waals surface area contributed by atoms with Gasteiger partial charge >= 0.3 is 0 Å². The van der Waals surface area contributed by atoms with Crippen molar-refractivity contribution in [2.45, 2.75) is 60.8 Å². The molecule has 0 aromatic rings. The molecule has 0 atom stereocenters. The van der Waals surface area contributed by atoms with Gasteiger partial charge in [0, 0.05) is 0 Å². The molecule has 0 aliphatic carbocycles. The minimum Gasteiger partial charge on any atom is -0.107 e. The van der Waals surface area contributed by atoms with Crippen LogP contribution in [-0.4, -0.2) is 18.5 Å². The van der Waals surface area contributed by atoms with Gasteiger partial charge in [0.25, 0.3) is 0 Å². The lowest BCUT2D eigenvalue weighted by Gasteiger charge is -2.20. The van der Waals surface area contributed by atoms with Crippen LogP contribution in [0.25, 0.3) is 0 Å². The summed E-state index contributed by atoms with van der Waals surface area (Å²) in [5, 5.41) is 0. The van der Waals surface area contributed by atoms with Crippen molar-refractivity contribution in [1.82, 2.24) is 0 Å². The van der Waals surface area contributed by atoms with Gasteiger partial charge in [-0.3, -0.25) is 0 Å². The normalized spacial score (nSPS) is 12.4. The zero-order valence-electron chi connectivity index (χ0n) is 12.4. The zero-order chi connectivity index (χ0) is 12.6. The van der Waals surface area contributed by atoms with E-state index in [2.05, 4.69) is 41.5 Å². The Balaban J connectivity index is 3.85. The number of hydrogen-bond acceptors (Lipinski definition) is 0. The quantitative estimate of drug-likeness (QED) is 0.463. The van der Waals surface area contributed by atoms with Crippen LogP contribution in [0.4, 0.5) is 0 Å². The second-order valence-electron chi connectivity index (χ2n) is 6.39. The standard InChI is InChI=1S/C15H33P/c1-13(2)7-10-16(11-8-14(3)4)12-9-15(5)6/h13-15H,7-12H2,1-6H3. The average Bonchev–Trinajstić information content (AvgIpc) is 2.15. The molecule has 0 aliphatic heterocycles. The first kappa shape index (κ1) is 16.4. The predicted octanol–water partition coefficient (Wildman–Crippen LogP) is 5.61. The molecule has 0 amide bonds. The van der Waals surface area contributed by atoms with E-state index in [1.54, 1.807) is 0 Å². The first-order chi connectivity index (χ1) is 7.41. The molecule has 0 aromatic heterocycles. The van der Waals surface area contributed by atoms with Crippen LogP contribution in [0.15, 0.2) is 0 Å². The molecular weight excluding hydrogens is 211 g/mol. The highest BCUT2D eigenvalue weighted by Crippen LogP contribution is 2.40. The van der Waals surface area contributed by atoms with Crippen LogP contribution in [0.3, 0.4) is 0 Å². The minimum absolute atomic E-state index is 0.342. The summed E-state index contributed by atoms with van der Waals surface area (Å²) >= 11 is 0. The van der Waals surface area contributed by atoms with Gasteiger partial charge in [-0.1, -0.05) is 41.5 Å². The van der Waals surface area contributed by atoms with Gasteiger partial charge in [-0.2, -0.15) is 0 Å². The van der Waals surface area contributed by atoms with E-state index >= 15 is 0 Å². The van der Waals surface area contributed by atoms with Crippen molar-refractivity contribution in [3.8, 4) is 0 Å². The van der Waals surface area contributed by atoms with Gasteiger partial charge in [0.15, 0.2) is 0 Å². The Hall–Kier alpha value is 0.430. The molecule has 0 nitrogen and oxygen atoms in total. The van der Waals surface area contributed by atoms with Crippen molar-refractivity contribution in [2.24, 2.45) is 17.8 Å². The van der Waals surface area contributed by atoms with Gasteiger partial charge in [-0.05, 0) is 55.5 Å². The van der Waals surface area contributed by atoms with E-state index in [4.69, 9.17) is 0 Å². The molecule has 0 spiro atoms. The molecule has 0 saturated heterocycles. The van der Waals surface area contributed by atoms with Crippen LogP contribution in [0, 0.1) is 17.8 Å². The first-order valence-electron chi connectivity index (χ1n) is 7.14. The van der Waals surface area contributed by atoms with Crippen LogP contribution >= 0.6 is 7.92 Å². The molecule has 0 radical (unpaired) electrons. The van der Waals surface area contributed by atoms with E-state index < -0.39 is 0 Å². The molecular formula is C15H33P. The van der Waals surface area contributed by atoms with Crippen molar-refractivity contribution in [2.75, 3.05) is 18.5 Å². The van der Waals surface area contributed by atoms with E-state index in [9.17, 15) is 0 Å². The van der Waals surface area contributed by atoms with Gasteiger partial charge in [-0.25, -0.2) is 0 Å². The summed E-state index contributed by atoms with van der Waals surface area (Å²) in [5.41, 5.74) is 0. The second-order valence-corrected chi connectivity index (χ2v) is 9.07. The minimum atomic E-state index is 0.342. The van der Waals surface area contributed by atoms with E-state index in [-0.39, 0.29) is 0 Å². The fraction of sp³-hybridized carbons (Fsp3) is 1.00. The second kappa shape index (κ2) is 9.46. The smallest absolute Gasteiger partial charge is 0.0323 e. The van der Waals surface area contributed by atoms with Gasteiger partial charge in [0.1, 0.15) is 0 Å². The largest absolute Gasteiger partial charge is 0.107 e. The van der Waals surface area contributed by atoms with Crippen molar-refractivity contribution >= 4 is 7.92 Å². The summed E-state index contributed by atoms with van der Waals surface area (Å²) in [6.07, 6.45) is 8.90. The fourth-order valence-electron chi connectivity index (χ4n) is 1.66. The maximum Gasteiger partial charge on any atom is -0.0323 e. The topological polar surface area (TPSA) is 0 Å². The van der Waals surface area contributed by atoms with Crippen LogP contribution in [0.1, 0.15) is 60.8 Å². The first-order valence-corrected chi connectivity index (χ1v) is 9.03. The predicted molar refractivity (Wildman–Crippen MR) is 79.9 cm³/mol. The molecule has 0 bridgehead atoms. The maximum atomic E-state index is 2.36. The van der Waals surface area contributed by atoms with Crippen molar-refractivity contribution in [1.29, 1.82) is 0 Å². The van der Waals surface area contributed by atoms with Crippen LogP contribution in [0.2, 0.25) is 0 Å². The van der Waals surface area contributed by atoms with Crippen LogP contribution in [0.5, 0.6) is 0 Å². The van der Waals surface area contributed by atoms with Crippen molar-refractivity contribution in [3.63, 3.8) is 0 Å². The Bertz CT molecular complexity index is 121. The Morgan fingerprint density at radius 2 is 0.812 bits per heavy atom. The van der Waals surface area contributed by atoms with Gasteiger partial charge in [0.2, 0.25) is 0 Å². The molecule has 0 aliphatic rings. The molecule has 98 valence electrons. The summed E-state index contributed by atoms with van der Waals surface area (Å²) in [7, 11) is 0.342. The Morgan fingerprint density at radius 3 is 1.00 bits per heavy atom. The van der Waals surface area contributed by atoms with Gasteiger partial charge < -0.3 is 0 Å². The molecule has 0 heterocycles. The van der Waals surface area contributed by atoms with Crippen molar-refractivity contribution in [3.05, 3.63) is 0 Å².